The van der Waals surface area contributed by atoms with Gasteiger partial charge in [0.2, 0.25) is 0 Å². The molecule has 11 heteroatoms. The van der Waals surface area contributed by atoms with Gasteiger partial charge in [0.1, 0.15) is 17.5 Å². The fourth-order valence-corrected chi connectivity index (χ4v) is 5.04. The van der Waals surface area contributed by atoms with Gasteiger partial charge in [-0.15, -0.1) is 0 Å². The van der Waals surface area contributed by atoms with Crippen LogP contribution in [0.3, 0.4) is 0 Å². The van der Waals surface area contributed by atoms with Crippen molar-refractivity contribution >= 4 is 33.0 Å². The maximum atomic E-state index is 15.0. The summed E-state index contributed by atoms with van der Waals surface area (Å²) in [5, 5.41) is 12.6. The predicted molar refractivity (Wildman–Crippen MR) is 132 cm³/mol. The van der Waals surface area contributed by atoms with E-state index in [-0.39, 0.29) is 34.0 Å². The predicted octanol–water partition coefficient (Wildman–Crippen LogP) is 3.87. The molecule has 0 saturated heterocycles. The number of hydrogen-bond acceptors (Lipinski definition) is 7. The number of carbonyl (C=O) groups excluding carboxylic acids is 1. The number of fused-ring (bicyclic) bond motifs is 1. The summed E-state index contributed by atoms with van der Waals surface area (Å²) in [5.41, 5.74) is -0.674. The number of carbonyl (C=O) groups is 2. The molecule has 0 radical (unpaired) electrons. The van der Waals surface area contributed by atoms with Crippen LogP contribution in [-0.2, 0) is 26.1 Å². The number of benzene rings is 1. The second kappa shape index (κ2) is 9.98. The Balaban J connectivity index is 2.12. The quantitative estimate of drug-likeness (QED) is 0.429. The van der Waals surface area contributed by atoms with E-state index < -0.39 is 45.0 Å². The van der Waals surface area contributed by atoms with Crippen LogP contribution in [0.2, 0.25) is 0 Å². The number of carboxylic acid groups (broad SMARTS) is 1. The smallest absolute Gasteiger partial charge is 0.337 e. The monoisotopic (exact) mass is 519 g/mol. The lowest BCUT2D eigenvalue weighted by molar-refractivity contribution is -0.158. The number of halogens is 1. The topological polar surface area (TPSA) is 128 Å². The van der Waals surface area contributed by atoms with E-state index in [2.05, 4.69) is 10.3 Å². The molecular weight excluding hydrogens is 489 g/mol. The average Bonchev–Trinajstić information content (AvgIpc) is 3.15. The first-order valence-electron chi connectivity index (χ1n) is 11.3. The number of aromatic nitrogens is 2. The molecule has 1 aromatic carbocycles. The summed E-state index contributed by atoms with van der Waals surface area (Å²) >= 11 is 0. The van der Waals surface area contributed by atoms with Crippen molar-refractivity contribution in [2.24, 2.45) is 5.92 Å². The molecule has 0 aliphatic heterocycles. The van der Waals surface area contributed by atoms with Gasteiger partial charge in [-0.05, 0) is 45.7 Å². The van der Waals surface area contributed by atoms with Crippen LogP contribution in [0.15, 0.2) is 41.6 Å². The van der Waals surface area contributed by atoms with E-state index >= 15 is 0 Å². The Morgan fingerprint density at radius 3 is 2.33 bits per heavy atom. The van der Waals surface area contributed by atoms with Crippen LogP contribution in [-0.4, -0.2) is 46.1 Å². The Hall–Kier alpha value is -3.31. The van der Waals surface area contributed by atoms with Crippen molar-refractivity contribution in [2.45, 2.75) is 64.6 Å². The summed E-state index contributed by atoms with van der Waals surface area (Å²) < 4.78 is 47.8. The van der Waals surface area contributed by atoms with Crippen LogP contribution in [0.5, 0.6) is 0 Å². The van der Waals surface area contributed by atoms with E-state index in [0.717, 1.165) is 21.9 Å². The molecule has 0 fully saturated rings. The standard InChI is InChI=1S/C25H30FN3O6S/c1-14(2)21(24(32)35-25(4,5)6)27-11-17-19(26)12-28-22-20(17)18(23(30)31)13-29(22)36(33,34)16-9-7-15(3)8-10-16/h7-10,12-14,21,27H,11H2,1-6H3,(H,30,31)/t21-/m1/s1. The molecule has 2 aromatic heterocycles. The van der Waals surface area contributed by atoms with Crippen molar-refractivity contribution in [1.29, 1.82) is 0 Å². The third-order valence-electron chi connectivity index (χ3n) is 5.47. The van der Waals surface area contributed by atoms with E-state index in [1.165, 1.54) is 12.1 Å². The summed E-state index contributed by atoms with van der Waals surface area (Å²) in [7, 11) is -4.23. The average molecular weight is 520 g/mol. The van der Waals surface area contributed by atoms with Crippen LogP contribution >= 0.6 is 0 Å². The first-order chi connectivity index (χ1) is 16.6. The number of nitrogens with zero attached hydrogens (tertiary/aromatic N) is 2. The third kappa shape index (κ3) is 5.57. The highest BCUT2D eigenvalue weighted by Crippen LogP contribution is 2.29. The Labute approximate surface area is 209 Å². The number of aromatic carboxylic acids is 1. The van der Waals surface area contributed by atoms with Crippen molar-refractivity contribution < 1.29 is 32.2 Å². The minimum Gasteiger partial charge on any atom is -0.478 e. The molecular formula is C25H30FN3O6S. The molecule has 194 valence electrons. The zero-order valence-electron chi connectivity index (χ0n) is 21.0. The van der Waals surface area contributed by atoms with Crippen molar-refractivity contribution in [3.05, 3.63) is 59.2 Å². The van der Waals surface area contributed by atoms with Gasteiger partial charge < -0.3 is 9.84 Å². The maximum absolute atomic E-state index is 15.0. The zero-order valence-corrected chi connectivity index (χ0v) is 21.8. The molecule has 0 bridgehead atoms. The fourth-order valence-electron chi connectivity index (χ4n) is 3.72. The number of carboxylic acids is 1. The van der Waals surface area contributed by atoms with Gasteiger partial charge in [0.25, 0.3) is 10.0 Å². The molecule has 0 aliphatic carbocycles. The van der Waals surface area contributed by atoms with Crippen molar-refractivity contribution in [3.8, 4) is 0 Å². The molecule has 2 N–H and O–H groups in total. The van der Waals surface area contributed by atoms with E-state index in [0.29, 0.717) is 0 Å². The van der Waals surface area contributed by atoms with E-state index in [9.17, 15) is 27.5 Å². The van der Waals surface area contributed by atoms with Crippen LogP contribution < -0.4 is 5.32 Å². The van der Waals surface area contributed by atoms with Gasteiger partial charge in [0, 0.05) is 23.7 Å². The number of pyridine rings is 1. The number of rotatable bonds is 8. The van der Waals surface area contributed by atoms with Crippen LogP contribution in [0.1, 0.15) is 56.1 Å². The van der Waals surface area contributed by atoms with E-state index in [4.69, 9.17) is 4.74 Å². The first kappa shape index (κ1) is 27.3. The summed E-state index contributed by atoms with van der Waals surface area (Å²) in [5.74, 6) is -3.05. The Kier molecular flexibility index (Phi) is 7.56. The van der Waals surface area contributed by atoms with Gasteiger partial charge in [-0.25, -0.2) is 26.6 Å². The highest BCUT2D eigenvalue weighted by atomic mass is 32.2. The molecule has 36 heavy (non-hydrogen) atoms. The largest absolute Gasteiger partial charge is 0.478 e. The lowest BCUT2D eigenvalue weighted by Gasteiger charge is -2.26. The lowest BCUT2D eigenvalue weighted by atomic mass is 10.0. The number of nitrogens with one attached hydrogen (secondary N) is 1. The van der Waals surface area contributed by atoms with Crippen LogP contribution in [0.25, 0.3) is 11.0 Å². The van der Waals surface area contributed by atoms with Crippen molar-refractivity contribution in [1.82, 2.24) is 14.3 Å². The molecule has 0 amide bonds. The van der Waals surface area contributed by atoms with E-state index in [1.54, 1.807) is 53.7 Å². The molecule has 0 saturated carbocycles. The molecule has 9 nitrogen and oxygen atoms in total. The molecule has 0 aliphatic rings. The van der Waals surface area contributed by atoms with Gasteiger partial charge in [-0.1, -0.05) is 31.5 Å². The third-order valence-corrected chi connectivity index (χ3v) is 7.14. The fraction of sp³-hybridized carbons (Fsp3) is 0.400. The minimum absolute atomic E-state index is 0.0717. The minimum atomic E-state index is -4.23. The van der Waals surface area contributed by atoms with Gasteiger partial charge >= 0.3 is 11.9 Å². The van der Waals surface area contributed by atoms with Crippen molar-refractivity contribution in [2.75, 3.05) is 0 Å². The van der Waals surface area contributed by atoms with Gasteiger partial charge in [-0.2, -0.15) is 0 Å². The number of esters is 1. The zero-order chi connectivity index (χ0) is 27.0. The van der Waals surface area contributed by atoms with Crippen LogP contribution in [0.4, 0.5) is 4.39 Å². The van der Waals surface area contributed by atoms with Gasteiger partial charge in [0.15, 0.2) is 5.65 Å². The number of ether oxygens (including phenoxy) is 1. The Bertz CT molecular complexity index is 1410. The van der Waals surface area contributed by atoms with Crippen LogP contribution in [0, 0.1) is 18.7 Å². The SMILES string of the molecule is Cc1ccc(S(=O)(=O)n2cc(C(=O)O)c3c(CN[C@@H](C(=O)OC(C)(C)C)C(C)C)c(F)cnc32)cc1. The molecule has 0 unspecified atom stereocenters. The van der Waals surface area contributed by atoms with E-state index in [1.807, 2.05) is 0 Å². The molecule has 1 atom stereocenters. The summed E-state index contributed by atoms with van der Waals surface area (Å²) in [6.45, 7) is 10.3. The first-order valence-corrected chi connectivity index (χ1v) is 12.8. The summed E-state index contributed by atoms with van der Waals surface area (Å²) in [6.07, 6.45) is 1.76. The summed E-state index contributed by atoms with van der Waals surface area (Å²) in [6, 6.07) is 5.20. The molecule has 3 rings (SSSR count). The second-order valence-electron chi connectivity index (χ2n) is 9.88. The van der Waals surface area contributed by atoms with Gasteiger partial charge in [-0.3, -0.25) is 10.1 Å². The lowest BCUT2D eigenvalue weighted by Crippen LogP contribution is -2.44. The van der Waals surface area contributed by atoms with Gasteiger partial charge in [0.05, 0.1) is 16.7 Å². The highest BCUT2D eigenvalue weighted by Gasteiger charge is 2.30. The maximum Gasteiger partial charge on any atom is 0.337 e. The highest BCUT2D eigenvalue weighted by molar-refractivity contribution is 7.90. The molecule has 0 spiro atoms. The van der Waals surface area contributed by atoms with Crippen molar-refractivity contribution in [3.63, 3.8) is 0 Å². The number of hydrogen-bond donors (Lipinski definition) is 2. The number of aryl methyl sites for hydroxylation is 1. The normalized spacial score (nSPS) is 13.2. The molecule has 2 heterocycles. The second-order valence-corrected chi connectivity index (χ2v) is 11.7. The Morgan fingerprint density at radius 2 is 1.81 bits per heavy atom. The Morgan fingerprint density at radius 1 is 1.19 bits per heavy atom. The molecule has 3 aromatic rings. The summed E-state index contributed by atoms with van der Waals surface area (Å²) in [4.78, 5) is 28.6.